The summed E-state index contributed by atoms with van der Waals surface area (Å²) in [6.45, 7) is 0. The second-order valence-electron chi connectivity index (χ2n) is 17.4. The predicted molar refractivity (Wildman–Crippen MR) is 280 cm³/mol. The number of para-hydroxylation sites is 2. The molecule has 0 N–H and O–H groups in total. The molecule has 0 spiro atoms. The number of hydrogen-bond donors (Lipinski definition) is 0. The Bertz CT molecular complexity index is 4330. The van der Waals surface area contributed by atoms with Gasteiger partial charge in [0.25, 0.3) is 0 Å². The lowest BCUT2D eigenvalue weighted by Crippen LogP contribution is -2.01. The molecule has 0 fully saturated rings. The molecule has 0 amide bonds. The molecule has 0 saturated heterocycles. The molecule has 0 aliphatic carbocycles. The molecule has 0 aliphatic heterocycles. The van der Waals surface area contributed by atoms with Gasteiger partial charge in [-0.05, 0) is 90.5 Å². The van der Waals surface area contributed by atoms with Crippen LogP contribution < -0.4 is 0 Å². The third-order valence-electron chi connectivity index (χ3n) is 13.5. The van der Waals surface area contributed by atoms with Crippen molar-refractivity contribution in [2.24, 2.45) is 0 Å². The van der Waals surface area contributed by atoms with E-state index in [1.807, 2.05) is 48.5 Å². The number of furan rings is 2. The van der Waals surface area contributed by atoms with Crippen LogP contribution in [0.15, 0.2) is 233 Å². The Kier molecular flexibility index (Phi) is 8.52. The number of nitrogens with zero attached hydrogens (tertiary/aromatic N) is 3. The highest BCUT2D eigenvalue weighted by molar-refractivity contribution is 6.19. The van der Waals surface area contributed by atoms with Crippen molar-refractivity contribution in [3.63, 3.8) is 0 Å². The van der Waals surface area contributed by atoms with Gasteiger partial charge in [-0.3, -0.25) is 0 Å². The first kappa shape index (κ1) is 38.1. The Balaban J connectivity index is 0.959. The minimum Gasteiger partial charge on any atom is -0.456 e. The summed E-state index contributed by atoms with van der Waals surface area (Å²) in [6.07, 6.45) is 0. The molecule has 3 aromatic heterocycles. The Labute approximate surface area is 390 Å². The number of fused-ring (bicyclic) bond motifs is 9. The van der Waals surface area contributed by atoms with Crippen molar-refractivity contribution in [1.29, 1.82) is 0 Å². The number of hydrogen-bond acceptors (Lipinski definition) is 5. The van der Waals surface area contributed by atoms with E-state index < -0.39 is 0 Å². The normalized spacial score (nSPS) is 11.8. The molecule has 5 nitrogen and oxygen atoms in total. The van der Waals surface area contributed by atoms with Gasteiger partial charge in [-0.2, -0.15) is 0 Å². The van der Waals surface area contributed by atoms with Crippen LogP contribution in [0.2, 0.25) is 0 Å². The standard InChI is InChI=1S/C63H37N3O2/c1-2-17-39(18-3-1)61-64-62(53-32-15-34-56-59(53)51-23-8-9-33-55(51)67-56)66-63(65-61)54-37-41(36-40-19-5-7-22-43(40)54)44-24-11-27-47-45(44)26-12-28-48(47)49-29-14-35-57-58(49)52-31-13-30-50(60(52)68-57)46-25-10-20-38-16-4-6-21-42(38)46/h1-37H. The van der Waals surface area contributed by atoms with Crippen molar-refractivity contribution >= 4 is 76.2 Å². The van der Waals surface area contributed by atoms with Crippen LogP contribution in [0.1, 0.15) is 0 Å². The van der Waals surface area contributed by atoms with E-state index in [9.17, 15) is 0 Å². The van der Waals surface area contributed by atoms with Gasteiger partial charge in [-0.1, -0.05) is 194 Å². The first-order chi connectivity index (χ1) is 33.7. The molecule has 0 saturated carbocycles. The topological polar surface area (TPSA) is 65.0 Å². The highest BCUT2D eigenvalue weighted by Gasteiger charge is 2.22. The maximum atomic E-state index is 6.84. The lowest BCUT2D eigenvalue weighted by Gasteiger charge is -2.15. The molecule has 0 bridgehead atoms. The molecule has 3 heterocycles. The zero-order valence-corrected chi connectivity index (χ0v) is 36.5. The predicted octanol–water partition coefficient (Wildman–Crippen LogP) is 17.1. The third-order valence-corrected chi connectivity index (χ3v) is 13.5. The lowest BCUT2D eigenvalue weighted by molar-refractivity contribution is 0.669. The minimum atomic E-state index is 0.584. The van der Waals surface area contributed by atoms with E-state index in [2.05, 4.69) is 176 Å². The van der Waals surface area contributed by atoms with E-state index in [4.69, 9.17) is 23.8 Å². The number of aromatic nitrogens is 3. The summed E-state index contributed by atoms with van der Waals surface area (Å²) < 4.78 is 13.2. The summed E-state index contributed by atoms with van der Waals surface area (Å²) in [6, 6.07) is 78.7. The third kappa shape index (κ3) is 5.99. The summed E-state index contributed by atoms with van der Waals surface area (Å²) in [5.41, 5.74) is 12.8. The minimum absolute atomic E-state index is 0.584. The van der Waals surface area contributed by atoms with Gasteiger partial charge in [-0.25, -0.2) is 15.0 Å². The van der Waals surface area contributed by atoms with Crippen LogP contribution in [0.25, 0.3) is 144 Å². The second-order valence-corrected chi connectivity index (χ2v) is 17.4. The SMILES string of the molecule is c1ccc(-c2nc(-c3cc(-c4cccc5c(-c6cccc7oc8c(-c9cccc%10ccccc9%10)cccc8c67)cccc45)cc4ccccc34)nc(-c3cccc4oc5ccccc5c34)n2)cc1. The van der Waals surface area contributed by atoms with E-state index in [0.29, 0.717) is 17.5 Å². The van der Waals surface area contributed by atoms with Crippen LogP contribution in [0.4, 0.5) is 0 Å². The fourth-order valence-electron chi connectivity index (χ4n) is 10.5. The van der Waals surface area contributed by atoms with Gasteiger partial charge < -0.3 is 8.83 Å². The van der Waals surface area contributed by atoms with E-state index >= 15 is 0 Å². The Morgan fingerprint density at radius 1 is 0.250 bits per heavy atom. The summed E-state index contributed by atoms with van der Waals surface area (Å²) in [7, 11) is 0. The monoisotopic (exact) mass is 867 g/mol. The van der Waals surface area contributed by atoms with Crippen molar-refractivity contribution in [3.8, 4) is 67.5 Å². The molecular formula is C63H37N3O2. The number of rotatable bonds is 6. The van der Waals surface area contributed by atoms with Crippen molar-refractivity contribution in [2.75, 3.05) is 0 Å². The molecule has 68 heavy (non-hydrogen) atoms. The molecule has 11 aromatic carbocycles. The lowest BCUT2D eigenvalue weighted by atomic mass is 9.89. The largest absolute Gasteiger partial charge is 0.456 e. The van der Waals surface area contributed by atoms with E-state index in [0.717, 1.165) is 115 Å². The fraction of sp³-hybridized carbons (Fsp3) is 0. The van der Waals surface area contributed by atoms with Gasteiger partial charge in [0.05, 0.1) is 0 Å². The van der Waals surface area contributed by atoms with Gasteiger partial charge in [0.1, 0.15) is 22.3 Å². The van der Waals surface area contributed by atoms with Gasteiger partial charge in [-0.15, -0.1) is 0 Å². The zero-order valence-electron chi connectivity index (χ0n) is 36.5. The molecule has 5 heteroatoms. The highest BCUT2D eigenvalue weighted by atomic mass is 16.3. The van der Waals surface area contributed by atoms with Crippen LogP contribution in [0.5, 0.6) is 0 Å². The van der Waals surface area contributed by atoms with Crippen molar-refractivity contribution in [3.05, 3.63) is 224 Å². The average Bonchev–Trinajstić information content (AvgIpc) is 3.99. The van der Waals surface area contributed by atoms with Crippen molar-refractivity contribution in [1.82, 2.24) is 15.0 Å². The quantitative estimate of drug-likeness (QED) is 0.167. The smallest absolute Gasteiger partial charge is 0.164 e. The Morgan fingerprint density at radius 2 is 0.735 bits per heavy atom. The summed E-state index contributed by atoms with van der Waals surface area (Å²) >= 11 is 0. The molecule has 316 valence electrons. The van der Waals surface area contributed by atoms with Gasteiger partial charge in [0.15, 0.2) is 17.5 Å². The van der Waals surface area contributed by atoms with Gasteiger partial charge in [0.2, 0.25) is 0 Å². The molecule has 0 atom stereocenters. The van der Waals surface area contributed by atoms with Gasteiger partial charge >= 0.3 is 0 Å². The first-order valence-corrected chi connectivity index (χ1v) is 22.9. The maximum absolute atomic E-state index is 6.84. The number of benzene rings is 11. The molecular weight excluding hydrogens is 831 g/mol. The van der Waals surface area contributed by atoms with E-state index in [-0.39, 0.29) is 0 Å². The Morgan fingerprint density at radius 3 is 1.54 bits per heavy atom. The molecule has 14 aromatic rings. The van der Waals surface area contributed by atoms with Gasteiger partial charge in [0, 0.05) is 43.8 Å². The Hall–Kier alpha value is -9.19. The summed E-state index contributed by atoms with van der Waals surface area (Å²) in [5.74, 6) is 1.78. The fourth-order valence-corrected chi connectivity index (χ4v) is 10.5. The van der Waals surface area contributed by atoms with Crippen LogP contribution in [-0.2, 0) is 0 Å². The molecule has 14 rings (SSSR count). The average molecular weight is 868 g/mol. The van der Waals surface area contributed by atoms with Crippen LogP contribution >= 0.6 is 0 Å². The first-order valence-electron chi connectivity index (χ1n) is 22.9. The van der Waals surface area contributed by atoms with E-state index in [1.54, 1.807) is 0 Å². The maximum Gasteiger partial charge on any atom is 0.164 e. The van der Waals surface area contributed by atoms with Crippen molar-refractivity contribution < 1.29 is 8.83 Å². The zero-order chi connectivity index (χ0) is 44.7. The van der Waals surface area contributed by atoms with Crippen LogP contribution in [0.3, 0.4) is 0 Å². The van der Waals surface area contributed by atoms with Crippen LogP contribution in [0, 0.1) is 0 Å². The van der Waals surface area contributed by atoms with Crippen molar-refractivity contribution in [2.45, 2.75) is 0 Å². The summed E-state index contributed by atoms with van der Waals surface area (Å²) in [5, 5.41) is 11.1. The van der Waals surface area contributed by atoms with Crippen LogP contribution in [-0.4, -0.2) is 15.0 Å². The highest BCUT2D eigenvalue weighted by Crippen LogP contribution is 2.45. The summed E-state index contributed by atoms with van der Waals surface area (Å²) in [4.78, 5) is 15.8. The van der Waals surface area contributed by atoms with E-state index in [1.165, 1.54) is 10.8 Å². The second kappa shape index (κ2) is 15.2. The molecule has 0 aliphatic rings. The molecule has 0 unspecified atom stereocenters. The molecule has 0 radical (unpaired) electrons.